The molecule has 23 heteroatoms. The monoisotopic (exact) mass is 1560 g/mol. The summed E-state index contributed by atoms with van der Waals surface area (Å²) in [5.74, 6) is 0.105. The van der Waals surface area contributed by atoms with E-state index >= 15 is 9.59 Å². The van der Waals surface area contributed by atoms with Gasteiger partial charge in [-0.3, -0.25) is 29.3 Å². The maximum absolute atomic E-state index is 15.7. The predicted molar refractivity (Wildman–Crippen MR) is 427 cm³/mol. The van der Waals surface area contributed by atoms with Crippen LogP contribution in [0, 0.1) is 16.2 Å². The summed E-state index contributed by atoms with van der Waals surface area (Å²) >= 11 is 32.6. The van der Waals surface area contributed by atoms with E-state index in [4.69, 9.17) is 80.7 Å². The number of thiophene rings is 3. The molecule has 0 amide bonds. The van der Waals surface area contributed by atoms with Crippen LogP contribution in [0.3, 0.4) is 0 Å². The lowest BCUT2D eigenvalue weighted by atomic mass is 9.71. The Morgan fingerprint density at radius 3 is 1.38 bits per heavy atom. The quantitative estimate of drug-likeness (QED) is 0.0163. The first-order valence-corrected chi connectivity index (χ1v) is 41.1. The number of hydrogen-bond donors (Lipinski definition) is 2. The molecule has 0 aliphatic carbocycles. The first-order valence-electron chi connectivity index (χ1n) is 36.8. The van der Waals surface area contributed by atoms with Gasteiger partial charge in [0.15, 0.2) is 0 Å². The molecule has 0 bridgehead atoms. The Bertz CT molecular complexity index is 4390. The van der Waals surface area contributed by atoms with Crippen LogP contribution in [0.4, 0.5) is 0 Å². The first-order chi connectivity index (χ1) is 50.9. The molecule has 0 radical (unpaired) electrons. The van der Waals surface area contributed by atoms with Crippen molar-refractivity contribution in [3.8, 4) is 17.2 Å². The number of aliphatic hydroxyl groups is 1. The van der Waals surface area contributed by atoms with E-state index in [9.17, 15) is 15.0 Å². The zero-order chi connectivity index (χ0) is 73.5. The zero-order valence-corrected chi connectivity index (χ0v) is 65.7. The Balaban J connectivity index is 0.838. The van der Waals surface area contributed by atoms with Gasteiger partial charge in [0.05, 0.1) is 78.3 Å². The third kappa shape index (κ3) is 20.3. The number of benzene rings is 3. The lowest BCUT2D eigenvalue weighted by Crippen LogP contribution is -2.42. The van der Waals surface area contributed by atoms with Crippen LogP contribution in [0.1, 0.15) is 173 Å². The van der Waals surface area contributed by atoms with E-state index in [0.29, 0.717) is 172 Å². The maximum atomic E-state index is 15.7. The number of pyridine rings is 3. The number of ether oxygens (including phenoxy) is 5. The fourth-order valence-corrected chi connectivity index (χ4v) is 19.6. The molecule has 12 rings (SSSR count). The zero-order valence-electron chi connectivity index (χ0n) is 60.2. The number of hydrogen-bond acceptors (Lipinski definition) is 19. The molecule has 3 aliphatic rings. The minimum atomic E-state index is -0.979. The van der Waals surface area contributed by atoms with Crippen LogP contribution in [0.2, 0.25) is 15.1 Å². The van der Waals surface area contributed by atoms with Gasteiger partial charge < -0.3 is 48.6 Å². The standard InChI is InChI=1S/C82H95Cl3N6O10S4/c1-97-57-11-14-66-60(44-57)77(63(83)50-86-66)69(92)17-23-81(28-35-89(36-29-81)32-5-4-8-55-21-42-103-53-55)48-75(95)101-71(79-62-46-59(99-3)13-16-68(62)88-52-65(79)85)19-25-82(30-37-90(38-31-82)33-6-9-56-22-43-104-54-56)49-76(96)100-70(78-61-45-58(98-2)12-15-67(61)87-51-64(78)84)18-24-80(47-74(93)94)26-39-91(40-27-80)34-20-72(102)73-10-7-41-105-73/h7,10-16,21-22,41-46,50-54,69-71,92H,4-6,8-9,17-20,23-40,47-49H2,1-3H3,(H,93,94)/t69-,70-,71-/m1/s1. The summed E-state index contributed by atoms with van der Waals surface area (Å²) in [5, 5.41) is 36.7. The number of nitrogens with zero attached hydrogens (tertiary/aromatic N) is 6. The maximum Gasteiger partial charge on any atom is 0.306 e. The van der Waals surface area contributed by atoms with Gasteiger partial charge in [0.2, 0.25) is 0 Å². The second-order valence-electron chi connectivity index (χ2n) is 29.2. The van der Waals surface area contributed by atoms with Crippen molar-refractivity contribution < 1.29 is 48.3 Å². The predicted octanol–water partition coefficient (Wildman–Crippen LogP) is 19.4. The number of esters is 2. The number of likely N-dealkylation sites (tertiary alicyclic amines) is 3. The second-order valence-corrected chi connectivity index (χ2v) is 33.4. The summed E-state index contributed by atoms with van der Waals surface area (Å²) in [6.07, 6.45) is 14.3. The van der Waals surface area contributed by atoms with Crippen molar-refractivity contribution in [1.29, 1.82) is 0 Å². The van der Waals surface area contributed by atoms with Crippen LogP contribution < -0.4 is 14.2 Å². The molecule has 2 N–H and O–H groups in total. The highest BCUT2D eigenvalue weighted by Gasteiger charge is 2.43. The Morgan fingerprint density at radius 1 is 0.533 bits per heavy atom. The molecule has 16 nitrogen and oxygen atoms in total. The number of piperidine rings is 3. The molecule has 0 spiro atoms. The van der Waals surface area contributed by atoms with Crippen LogP contribution in [0.15, 0.2) is 124 Å². The van der Waals surface area contributed by atoms with E-state index < -0.39 is 46.5 Å². The number of carboxylic acids is 1. The molecule has 6 aromatic heterocycles. The van der Waals surface area contributed by atoms with Crippen LogP contribution >= 0.6 is 81.0 Å². The number of fused-ring (bicyclic) bond motifs is 3. The average Bonchev–Trinajstić information content (AvgIpc) is 1.45. The molecule has 558 valence electrons. The van der Waals surface area contributed by atoms with E-state index in [-0.39, 0.29) is 25.2 Å². The number of aryl methyl sites for hydroxylation is 2. The van der Waals surface area contributed by atoms with Gasteiger partial charge in [0, 0.05) is 67.7 Å². The fourth-order valence-electron chi connectivity index (χ4n) is 16.4. The molecule has 105 heavy (non-hydrogen) atoms. The van der Waals surface area contributed by atoms with E-state index in [1.165, 1.54) is 11.1 Å². The number of aromatic nitrogens is 3. The van der Waals surface area contributed by atoms with Crippen molar-refractivity contribution in [3.05, 3.63) is 172 Å². The third-order valence-electron chi connectivity index (χ3n) is 22.6. The van der Waals surface area contributed by atoms with Crippen molar-refractivity contribution in [2.45, 2.75) is 153 Å². The van der Waals surface area contributed by atoms with Gasteiger partial charge in [0.1, 0.15) is 29.5 Å². The van der Waals surface area contributed by atoms with Crippen molar-refractivity contribution >= 4 is 137 Å². The number of unbranched alkanes of at least 4 members (excludes halogenated alkanes) is 1. The van der Waals surface area contributed by atoms with Crippen molar-refractivity contribution in [1.82, 2.24) is 29.7 Å². The first kappa shape index (κ1) is 78.2. The van der Waals surface area contributed by atoms with E-state index in [1.807, 2.05) is 66.0 Å². The molecule has 3 aliphatic heterocycles. The molecule has 0 unspecified atom stereocenters. The molecule has 3 saturated heterocycles. The summed E-state index contributed by atoms with van der Waals surface area (Å²) in [5.41, 5.74) is 4.61. The minimum absolute atomic E-state index is 0.0366. The lowest BCUT2D eigenvalue weighted by Gasteiger charge is -2.43. The summed E-state index contributed by atoms with van der Waals surface area (Å²) in [6, 6.07) is 25.2. The largest absolute Gasteiger partial charge is 0.497 e. The number of aliphatic hydroxyl groups excluding tert-OH is 1. The lowest BCUT2D eigenvalue weighted by molar-refractivity contribution is -0.157. The Labute approximate surface area is 648 Å². The summed E-state index contributed by atoms with van der Waals surface area (Å²) in [4.78, 5) is 67.8. The molecule has 3 aromatic carbocycles. The number of thiocarbonyl (C=S) groups is 1. The highest BCUT2D eigenvalue weighted by Crippen LogP contribution is 2.50. The van der Waals surface area contributed by atoms with E-state index in [1.54, 1.807) is 73.9 Å². The minimum Gasteiger partial charge on any atom is -0.497 e. The Kier molecular flexibility index (Phi) is 27.3. The summed E-state index contributed by atoms with van der Waals surface area (Å²) in [7, 11) is 4.81. The Hall–Kier alpha value is -6.40. The molecular weight excluding hydrogens is 1460 g/mol. The number of halogens is 3. The topological polar surface area (TPSA) is 186 Å². The van der Waals surface area contributed by atoms with Gasteiger partial charge >= 0.3 is 17.9 Å². The number of carbonyl (C=O) groups is 3. The van der Waals surface area contributed by atoms with Crippen molar-refractivity contribution in [2.75, 3.05) is 80.2 Å². The third-order valence-corrected chi connectivity index (χ3v) is 26.5. The van der Waals surface area contributed by atoms with Crippen LogP contribution in [-0.2, 0) is 36.7 Å². The number of carbonyl (C=O) groups excluding carboxylic acids is 2. The highest BCUT2D eigenvalue weighted by molar-refractivity contribution is 7.81. The highest BCUT2D eigenvalue weighted by atomic mass is 35.5. The van der Waals surface area contributed by atoms with Gasteiger partial charge in [-0.2, -0.15) is 22.7 Å². The van der Waals surface area contributed by atoms with Gasteiger partial charge in [-0.15, -0.1) is 11.3 Å². The molecule has 9 heterocycles. The SMILES string of the molecule is COc1ccc2ncc(Cl)c([C@H](O)CCC3(CC(=O)O[C@H](CCC4(CC(=O)O[C@H](CCC5(CC(=O)O)CCN(CCC(=S)c6cccs6)CC5)c5c(Cl)cnc6ccc(OC)cc56)CCN(CCCc5ccsc5)CC4)c4c(Cl)cnc5ccc(OC)cc45)CCN(CCCCc4ccsc4)CC3)c2c1. The van der Waals surface area contributed by atoms with Crippen LogP contribution in [0.5, 0.6) is 17.2 Å². The van der Waals surface area contributed by atoms with Crippen molar-refractivity contribution in [2.24, 2.45) is 16.2 Å². The summed E-state index contributed by atoms with van der Waals surface area (Å²) in [6.45, 7) is 7.03. The van der Waals surface area contributed by atoms with Crippen LogP contribution in [-0.4, -0.2) is 143 Å². The smallest absolute Gasteiger partial charge is 0.306 e. The molecule has 9 aromatic rings. The summed E-state index contributed by atoms with van der Waals surface area (Å²) < 4.78 is 31.3. The van der Waals surface area contributed by atoms with Crippen LogP contribution in [0.25, 0.3) is 32.7 Å². The molecule has 3 atom stereocenters. The fraction of sp³-hybridized carbons (Fsp3) is 0.476. The average molecular weight is 1560 g/mol. The van der Waals surface area contributed by atoms with E-state index in [2.05, 4.69) is 59.4 Å². The number of methoxy groups -OCH3 is 3. The van der Waals surface area contributed by atoms with Gasteiger partial charge in [0.25, 0.3) is 0 Å². The van der Waals surface area contributed by atoms with Gasteiger partial charge in [-0.1, -0.05) is 53.1 Å². The van der Waals surface area contributed by atoms with Gasteiger partial charge in [-0.05, 0) is 295 Å². The number of rotatable bonds is 36. The number of aliphatic carboxylic acids is 1. The van der Waals surface area contributed by atoms with E-state index in [0.717, 1.165) is 94.1 Å². The Morgan fingerprint density at radius 2 is 0.952 bits per heavy atom. The van der Waals surface area contributed by atoms with Gasteiger partial charge in [-0.25, -0.2) is 0 Å². The normalized spacial score (nSPS) is 17.1. The molecule has 3 fully saturated rings. The number of carboxylic acid groups (broad SMARTS) is 1. The molecule has 0 saturated carbocycles. The molecular formula is C82H95Cl3N6O10S4. The second kappa shape index (κ2) is 36.7. The van der Waals surface area contributed by atoms with Crippen molar-refractivity contribution in [3.63, 3.8) is 0 Å².